The van der Waals surface area contributed by atoms with Crippen LogP contribution in [0.25, 0.3) is 0 Å². The summed E-state index contributed by atoms with van der Waals surface area (Å²) in [6, 6.07) is 21.3. The van der Waals surface area contributed by atoms with E-state index in [2.05, 4.69) is 4.98 Å². The topological polar surface area (TPSA) is 64.1 Å². The first-order valence-electron chi connectivity index (χ1n) is 9.80. The molecule has 0 aliphatic heterocycles. The van der Waals surface area contributed by atoms with Crippen LogP contribution in [-0.2, 0) is 14.6 Å². The summed E-state index contributed by atoms with van der Waals surface area (Å²) in [6.07, 6.45) is 2.53. The van der Waals surface area contributed by atoms with Crippen molar-refractivity contribution in [3.8, 4) is 0 Å². The molecule has 1 heterocycles. The third kappa shape index (κ3) is 5.26. The Hall–Kier alpha value is -2.41. The molecule has 1 aliphatic rings. The van der Waals surface area contributed by atoms with Crippen molar-refractivity contribution in [2.24, 2.45) is 0 Å². The molecule has 0 bridgehead atoms. The minimum absolute atomic E-state index is 0.0286. The summed E-state index contributed by atoms with van der Waals surface area (Å²) in [5, 5.41) is 1.37. The summed E-state index contributed by atoms with van der Waals surface area (Å²) in [5.74, 6) is -0.471. The van der Waals surface area contributed by atoms with Gasteiger partial charge in [-0.05, 0) is 59.2 Å². The molecule has 0 N–H and O–H groups in total. The van der Waals surface area contributed by atoms with Crippen LogP contribution in [0.2, 0.25) is 5.02 Å². The van der Waals surface area contributed by atoms with Gasteiger partial charge in [-0.1, -0.05) is 59.8 Å². The van der Waals surface area contributed by atoms with E-state index in [9.17, 15) is 13.2 Å². The van der Waals surface area contributed by atoms with Gasteiger partial charge in [-0.25, -0.2) is 13.4 Å². The van der Waals surface area contributed by atoms with E-state index in [4.69, 9.17) is 11.6 Å². The number of ketones is 1. The molecule has 0 spiro atoms. The van der Waals surface area contributed by atoms with Gasteiger partial charge in [0.1, 0.15) is 5.03 Å². The van der Waals surface area contributed by atoms with E-state index in [1.54, 1.807) is 36.5 Å². The molecule has 1 atom stereocenters. The van der Waals surface area contributed by atoms with E-state index in [0.29, 0.717) is 17.0 Å². The predicted octanol–water partition coefficient (Wildman–Crippen LogP) is 5.70. The van der Waals surface area contributed by atoms with Crippen LogP contribution < -0.4 is 0 Å². The maximum absolute atomic E-state index is 13.2. The molecule has 1 aromatic heterocycles. The number of Topliss-reactive ketones (excluding diaryl/α,β-unsaturated/α-hetero) is 1. The Morgan fingerprint density at radius 3 is 2.32 bits per heavy atom. The van der Waals surface area contributed by atoms with Crippen LogP contribution in [0.1, 0.15) is 24.3 Å². The number of aromatic nitrogens is 1. The predicted molar refractivity (Wildman–Crippen MR) is 124 cm³/mol. The first kappa shape index (κ1) is 21.8. The smallest absolute Gasteiger partial charge is 0.182 e. The molecule has 0 saturated carbocycles. The lowest BCUT2D eigenvalue weighted by atomic mass is 9.84. The van der Waals surface area contributed by atoms with Crippen LogP contribution in [-0.4, -0.2) is 24.9 Å². The summed E-state index contributed by atoms with van der Waals surface area (Å²) in [6.45, 7) is 0. The van der Waals surface area contributed by atoms with Crippen LogP contribution in [0, 0.1) is 0 Å². The van der Waals surface area contributed by atoms with Gasteiger partial charge in [0.2, 0.25) is 0 Å². The summed E-state index contributed by atoms with van der Waals surface area (Å²) in [7, 11) is -3.64. The third-order valence-electron chi connectivity index (χ3n) is 5.18. The van der Waals surface area contributed by atoms with Crippen LogP contribution in [0.5, 0.6) is 0 Å². The highest BCUT2D eigenvalue weighted by atomic mass is 35.5. The second-order valence-electron chi connectivity index (χ2n) is 7.32. The molecule has 7 heteroatoms. The van der Waals surface area contributed by atoms with Crippen LogP contribution in [0.4, 0.5) is 0 Å². The normalized spacial score (nSPS) is 17.1. The molecular formula is C24H20ClNO3S2. The molecule has 3 aromatic rings. The third-order valence-corrected chi connectivity index (χ3v) is 8.20. The van der Waals surface area contributed by atoms with Gasteiger partial charge < -0.3 is 0 Å². The number of carbonyl (C=O) groups is 1. The van der Waals surface area contributed by atoms with Crippen molar-refractivity contribution >= 4 is 39.0 Å². The molecule has 1 aliphatic carbocycles. The number of nitrogens with zero attached hydrogens (tertiary/aromatic N) is 1. The van der Waals surface area contributed by atoms with Gasteiger partial charge in [0.05, 0.1) is 10.6 Å². The van der Waals surface area contributed by atoms with Crippen molar-refractivity contribution in [3.63, 3.8) is 0 Å². The monoisotopic (exact) mass is 469 g/mol. The zero-order chi connectivity index (χ0) is 21.8. The number of hydrogen-bond acceptors (Lipinski definition) is 5. The average Bonchev–Trinajstić information content (AvgIpc) is 2.78. The first-order valence-corrected chi connectivity index (χ1v) is 12.6. The maximum atomic E-state index is 13.2. The van der Waals surface area contributed by atoms with Gasteiger partial charge >= 0.3 is 0 Å². The largest absolute Gasteiger partial charge is 0.294 e. The van der Waals surface area contributed by atoms with Crippen molar-refractivity contribution < 1.29 is 13.2 Å². The lowest BCUT2D eigenvalue weighted by Crippen LogP contribution is -2.23. The molecule has 0 amide bonds. The molecule has 0 fully saturated rings. The van der Waals surface area contributed by atoms with Crippen molar-refractivity contribution in [2.45, 2.75) is 28.7 Å². The van der Waals surface area contributed by atoms with E-state index in [-0.39, 0.29) is 28.8 Å². The highest BCUT2D eigenvalue weighted by Crippen LogP contribution is 2.42. The quantitative estimate of drug-likeness (QED) is 0.463. The van der Waals surface area contributed by atoms with Crippen LogP contribution in [0.15, 0.2) is 99.4 Å². The summed E-state index contributed by atoms with van der Waals surface area (Å²) >= 11 is 7.38. The number of benzene rings is 2. The van der Waals surface area contributed by atoms with Crippen molar-refractivity contribution in [3.05, 3.63) is 100 Å². The van der Waals surface area contributed by atoms with Crippen molar-refractivity contribution in [1.82, 2.24) is 4.98 Å². The zero-order valence-electron chi connectivity index (χ0n) is 16.6. The first-order chi connectivity index (χ1) is 14.9. The van der Waals surface area contributed by atoms with Gasteiger partial charge in [0, 0.05) is 23.2 Å². The van der Waals surface area contributed by atoms with E-state index < -0.39 is 9.84 Å². The summed E-state index contributed by atoms with van der Waals surface area (Å²) < 4.78 is 26.0. The van der Waals surface area contributed by atoms with Gasteiger partial charge in [0.25, 0.3) is 0 Å². The Bertz CT molecular complexity index is 1210. The van der Waals surface area contributed by atoms with E-state index >= 15 is 0 Å². The van der Waals surface area contributed by atoms with Crippen molar-refractivity contribution in [1.29, 1.82) is 0 Å². The minimum Gasteiger partial charge on any atom is -0.294 e. The number of thioether (sulfide) groups is 1. The van der Waals surface area contributed by atoms with Crippen LogP contribution >= 0.6 is 23.4 Å². The fraction of sp³-hybridized carbons (Fsp3) is 0.167. The number of carbonyl (C=O) groups excluding carboxylic acids is 1. The number of hydrogen-bond donors (Lipinski definition) is 0. The second-order valence-corrected chi connectivity index (χ2v) is 10.9. The van der Waals surface area contributed by atoms with E-state index in [1.807, 2.05) is 42.5 Å². The zero-order valence-corrected chi connectivity index (χ0v) is 19.0. The molecule has 0 unspecified atom stereocenters. The Labute approximate surface area is 191 Å². The fourth-order valence-corrected chi connectivity index (χ4v) is 6.37. The molecule has 31 heavy (non-hydrogen) atoms. The summed E-state index contributed by atoms with van der Waals surface area (Å²) in [5.41, 5.74) is 1.38. The van der Waals surface area contributed by atoms with E-state index in [0.717, 1.165) is 15.5 Å². The number of pyridine rings is 1. The lowest BCUT2D eigenvalue weighted by molar-refractivity contribution is -0.116. The average molecular weight is 470 g/mol. The minimum atomic E-state index is -3.64. The molecule has 0 radical (unpaired) electrons. The van der Waals surface area contributed by atoms with Crippen molar-refractivity contribution in [2.75, 3.05) is 5.75 Å². The van der Waals surface area contributed by atoms with Gasteiger partial charge in [-0.2, -0.15) is 0 Å². The Morgan fingerprint density at radius 1 is 0.935 bits per heavy atom. The molecule has 158 valence electrons. The second kappa shape index (κ2) is 9.39. The molecule has 4 nitrogen and oxygen atoms in total. The number of rotatable bonds is 6. The Kier molecular flexibility index (Phi) is 6.60. The highest BCUT2D eigenvalue weighted by molar-refractivity contribution is 8.03. The SMILES string of the molecule is O=C1C[C@@H](c2ccc(Cl)cc2)CC(Sc2ccccn2)=C1CS(=O)(=O)c1ccccc1. The Balaban J connectivity index is 1.71. The molecule has 4 rings (SSSR count). The number of halogens is 1. The summed E-state index contributed by atoms with van der Waals surface area (Å²) in [4.78, 5) is 18.5. The van der Waals surface area contributed by atoms with Gasteiger partial charge in [-0.15, -0.1) is 0 Å². The fourth-order valence-electron chi connectivity index (χ4n) is 3.59. The number of allylic oxidation sites excluding steroid dienone is 1. The van der Waals surface area contributed by atoms with E-state index in [1.165, 1.54) is 11.8 Å². The van der Waals surface area contributed by atoms with Gasteiger partial charge in [-0.3, -0.25) is 4.79 Å². The molecule has 0 saturated heterocycles. The highest BCUT2D eigenvalue weighted by Gasteiger charge is 2.32. The molecular weight excluding hydrogens is 450 g/mol. The Morgan fingerprint density at radius 2 is 1.65 bits per heavy atom. The maximum Gasteiger partial charge on any atom is 0.182 e. The van der Waals surface area contributed by atoms with Crippen LogP contribution in [0.3, 0.4) is 0 Å². The van der Waals surface area contributed by atoms with Gasteiger partial charge in [0.15, 0.2) is 15.6 Å². The lowest BCUT2D eigenvalue weighted by Gasteiger charge is -2.26. The molecule has 2 aromatic carbocycles. The number of sulfone groups is 1. The standard InChI is InChI=1S/C24H20ClNO3S2/c25-19-11-9-17(10-12-19)18-14-22(27)21(16-31(28,29)20-6-2-1-3-7-20)23(15-18)30-24-8-4-5-13-26-24/h1-13,18H,14-16H2/t18-/m1/s1.